The number of alkyl halides is 4. The number of halogens is 5. The molecule has 0 amide bonds. The van der Waals surface area contributed by atoms with E-state index in [2.05, 4.69) is 15.9 Å². The van der Waals surface area contributed by atoms with E-state index < -0.39 is 17.3 Å². The average Bonchev–Trinajstić information content (AvgIpc) is 1.62. The van der Waals surface area contributed by atoms with E-state index in [1.165, 1.54) is 0 Å². The highest BCUT2D eigenvalue weighted by Gasteiger charge is 2.24. The van der Waals surface area contributed by atoms with Gasteiger partial charge in [-0.1, -0.05) is 15.9 Å². The molecule has 0 aliphatic heterocycles. The van der Waals surface area contributed by atoms with Gasteiger partial charge in [0, 0.05) is 0 Å². The third-order valence-electron chi connectivity index (χ3n) is 0.448. The summed E-state index contributed by atoms with van der Waals surface area (Å²) in [4.78, 5) is 0. The van der Waals surface area contributed by atoms with Gasteiger partial charge in [-0.2, -0.15) is 13.2 Å². The van der Waals surface area contributed by atoms with Crippen LogP contribution in [0.4, 0.5) is 17.6 Å². The molecule has 0 radical (unpaired) electrons. The van der Waals surface area contributed by atoms with Gasteiger partial charge in [-0.15, -0.1) is 0 Å². The molecule has 0 saturated heterocycles. The van der Waals surface area contributed by atoms with Crippen molar-refractivity contribution in [3.05, 3.63) is 11.9 Å². The van der Waals surface area contributed by atoms with E-state index >= 15 is 0 Å². The van der Waals surface area contributed by atoms with Gasteiger partial charge in [-0.05, 0) is 0 Å². The molecule has 0 heterocycles. The van der Waals surface area contributed by atoms with Crippen molar-refractivity contribution in [1.29, 1.82) is 0 Å². The molecule has 0 saturated carbocycles. The Morgan fingerprint density at radius 1 is 1.44 bits per heavy atom. The lowest BCUT2D eigenvalue weighted by Crippen LogP contribution is -2.02. The van der Waals surface area contributed by atoms with Crippen LogP contribution in [0.15, 0.2) is 11.9 Å². The lowest BCUT2D eigenvalue weighted by Gasteiger charge is -1.96. The molecule has 0 aromatic carbocycles. The fraction of sp³-hybridized carbons (Fsp3) is 0.500. The first-order valence-corrected chi connectivity index (χ1v) is 3.08. The van der Waals surface area contributed by atoms with Crippen LogP contribution in [0.3, 0.4) is 0 Å². The van der Waals surface area contributed by atoms with E-state index in [0.29, 0.717) is 0 Å². The Hall–Kier alpha value is -0.0600. The van der Waals surface area contributed by atoms with Gasteiger partial charge in [-0.3, -0.25) is 0 Å². The third-order valence-corrected chi connectivity index (χ3v) is 0.984. The highest BCUT2D eigenvalue weighted by atomic mass is 79.9. The van der Waals surface area contributed by atoms with E-state index in [4.69, 9.17) is 0 Å². The Morgan fingerprint density at radius 3 is 2.00 bits per heavy atom. The van der Waals surface area contributed by atoms with Gasteiger partial charge in [0.1, 0.15) is 5.83 Å². The number of allylic oxidation sites excluding steroid dienone is 2. The minimum absolute atomic E-state index is 0.387. The highest BCUT2D eigenvalue weighted by molar-refractivity contribution is 9.09. The topological polar surface area (TPSA) is 0 Å². The first-order chi connectivity index (χ1) is 3.95. The van der Waals surface area contributed by atoms with E-state index in [1.807, 2.05) is 0 Å². The van der Waals surface area contributed by atoms with Crippen LogP contribution < -0.4 is 0 Å². The number of hydrogen-bond acceptors (Lipinski definition) is 0. The summed E-state index contributed by atoms with van der Waals surface area (Å²) < 4.78 is 45.2. The number of rotatable bonds is 1. The van der Waals surface area contributed by atoms with Crippen molar-refractivity contribution in [2.24, 2.45) is 0 Å². The summed E-state index contributed by atoms with van der Waals surface area (Å²) in [7, 11) is 0. The molecular formula is C4H3BrF4. The molecule has 0 unspecified atom stereocenters. The van der Waals surface area contributed by atoms with Gasteiger partial charge >= 0.3 is 6.18 Å². The molecule has 0 atom stereocenters. The minimum Gasteiger partial charge on any atom is -0.211 e. The lowest BCUT2D eigenvalue weighted by molar-refractivity contribution is -0.0812. The molecule has 0 aromatic rings. The van der Waals surface area contributed by atoms with E-state index in [9.17, 15) is 17.6 Å². The van der Waals surface area contributed by atoms with Crippen molar-refractivity contribution < 1.29 is 17.6 Å². The van der Waals surface area contributed by atoms with Gasteiger partial charge in [-0.25, -0.2) is 4.39 Å². The monoisotopic (exact) mass is 206 g/mol. The highest BCUT2D eigenvalue weighted by Crippen LogP contribution is 2.19. The molecule has 0 spiro atoms. The first-order valence-electron chi connectivity index (χ1n) is 1.95. The molecule has 54 valence electrons. The molecule has 0 aliphatic carbocycles. The number of hydrogen-bond donors (Lipinski definition) is 0. The lowest BCUT2D eigenvalue weighted by atomic mass is 10.5. The standard InChI is InChI=1S/C4H3BrF4/c5-2-3(6)1-4(7,8)9/h1H,2H2/b3-1+. The largest absolute Gasteiger partial charge is 0.412 e. The van der Waals surface area contributed by atoms with E-state index in [-0.39, 0.29) is 6.08 Å². The zero-order valence-electron chi connectivity index (χ0n) is 4.17. The molecular weight excluding hydrogens is 204 g/mol. The van der Waals surface area contributed by atoms with Gasteiger partial charge in [0.15, 0.2) is 0 Å². The van der Waals surface area contributed by atoms with Gasteiger partial charge in [0.2, 0.25) is 0 Å². The fourth-order valence-corrected chi connectivity index (χ4v) is 0.378. The molecule has 0 nitrogen and oxygen atoms in total. The second-order valence-electron chi connectivity index (χ2n) is 1.27. The Morgan fingerprint density at radius 2 is 1.89 bits per heavy atom. The maximum absolute atomic E-state index is 11.7. The van der Waals surface area contributed by atoms with Crippen LogP contribution in [0, 0.1) is 0 Å². The predicted molar refractivity (Wildman–Crippen MR) is 29.0 cm³/mol. The maximum atomic E-state index is 11.7. The Bertz CT molecular complexity index is 114. The summed E-state index contributed by atoms with van der Waals surface area (Å²) in [6.45, 7) is 0. The average molecular weight is 207 g/mol. The van der Waals surface area contributed by atoms with E-state index in [1.54, 1.807) is 0 Å². The summed E-state index contributed by atoms with van der Waals surface area (Å²) in [5.74, 6) is -1.22. The first kappa shape index (κ1) is 8.94. The Labute approximate surface area is 57.7 Å². The van der Waals surface area contributed by atoms with Gasteiger partial charge in [0.05, 0.1) is 11.4 Å². The summed E-state index contributed by atoms with van der Waals surface area (Å²) >= 11 is 2.52. The smallest absolute Gasteiger partial charge is 0.211 e. The quantitative estimate of drug-likeness (QED) is 0.458. The predicted octanol–water partition coefficient (Wildman–Crippen LogP) is 2.80. The summed E-state index contributed by atoms with van der Waals surface area (Å²) in [6.07, 6.45) is -4.93. The molecule has 5 heteroatoms. The maximum Gasteiger partial charge on any atom is 0.412 e. The molecule has 0 aromatic heterocycles. The molecule has 9 heavy (non-hydrogen) atoms. The second-order valence-corrected chi connectivity index (χ2v) is 1.83. The minimum atomic E-state index is -4.54. The van der Waals surface area contributed by atoms with Crippen LogP contribution in [0.5, 0.6) is 0 Å². The van der Waals surface area contributed by atoms with Crippen LogP contribution in [-0.2, 0) is 0 Å². The van der Waals surface area contributed by atoms with Crippen molar-refractivity contribution in [3.8, 4) is 0 Å². The van der Waals surface area contributed by atoms with Gasteiger partial charge in [0.25, 0.3) is 0 Å². The van der Waals surface area contributed by atoms with Crippen LogP contribution in [-0.4, -0.2) is 11.5 Å². The van der Waals surface area contributed by atoms with Crippen LogP contribution >= 0.6 is 15.9 Å². The Balaban J connectivity index is 3.95. The molecule has 0 bridgehead atoms. The second kappa shape index (κ2) is 3.20. The summed E-state index contributed by atoms with van der Waals surface area (Å²) in [5.41, 5.74) is 0. The summed E-state index contributed by atoms with van der Waals surface area (Å²) in [6, 6.07) is 0. The molecule has 0 rings (SSSR count). The van der Waals surface area contributed by atoms with Crippen molar-refractivity contribution >= 4 is 15.9 Å². The SMILES string of the molecule is F/C(=C/C(F)(F)F)CBr. The zero-order chi connectivity index (χ0) is 7.49. The van der Waals surface area contributed by atoms with Gasteiger partial charge < -0.3 is 0 Å². The van der Waals surface area contributed by atoms with Crippen molar-refractivity contribution in [1.82, 2.24) is 0 Å². The van der Waals surface area contributed by atoms with Crippen molar-refractivity contribution in [2.45, 2.75) is 6.18 Å². The van der Waals surface area contributed by atoms with Crippen LogP contribution in [0.1, 0.15) is 0 Å². The van der Waals surface area contributed by atoms with Crippen LogP contribution in [0.25, 0.3) is 0 Å². The third kappa shape index (κ3) is 5.82. The van der Waals surface area contributed by atoms with E-state index in [0.717, 1.165) is 0 Å². The normalized spacial score (nSPS) is 14.1. The van der Waals surface area contributed by atoms with Crippen molar-refractivity contribution in [3.63, 3.8) is 0 Å². The van der Waals surface area contributed by atoms with Crippen molar-refractivity contribution in [2.75, 3.05) is 5.33 Å². The fourth-order valence-electron chi connectivity index (χ4n) is 0.216. The zero-order valence-corrected chi connectivity index (χ0v) is 5.76. The van der Waals surface area contributed by atoms with Crippen LogP contribution in [0.2, 0.25) is 0 Å². The summed E-state index contributed by atoms with van der Waals surface area (Å²) in [5, 5.41) is -0.396. The molecule has 0 fully saturated rings. The molecule has 0 aliphatic rings. The Kier molecular flexibility index (Phi) is 3.17. The molecule has 0 N–H and O–H groups in total.